The number of nitrogens with one attached hydrogen (secondary N) is 1. The van der Waals surface area contributed by atoms with Crippen molar-refractivity contribution in [3.8, 4) is 0 Å². The second-order valence-corrected chi connectivity index (χ2v) is 8.71. The van der Waals surface area contributed by atoms with Crippen molar-refractivity contribution in [1.82, 2.24) is 15.3 Å². The summed E-state index contributed by atoms with van der Waals surface area (Å²) in [5.74, 6) is -2.04. The average Bonchev–Trinajstić information content (AvgIpc) is 3.43. The molecule has 0 unspecified atom stereocenters. The van der Waals surface area contributed by atoms with E-state index in [0.717, 1.165) is 5.56 Å². The number of imide groups is 1. The minimum Gasteiger partial charge on any atom is -0.445 e. The summed E-state index contributed by atoms with van der Waals surface area (Å²) in [7, 11) is 0. The van der Waals surface area contributed by atoms with Gasteiger partial charge in [0.15, 0.2) is 0 Å². The van der Waals surface area contributed by atoms with Crippen LogP contribution in [0.15, 0.2) is 30.3 Å². The number of hydrogen-bond acceptors (Lipinski definition) is 8. The Morgan fingerprint density at radius 2 is 1.85 bits per heavy atom. The van der Waals surface area contributed by atoms with E-state index in [1.807, 2.05) is 36.6 Å². The van der Waals surface area contributed by atoms with Gasteiger partial charge in [0, 0.05) is 19.4 Å². The maximum absolute atomic E-state index is 13.0. The van der Waals surface area contributed by atoms with Gasteiger partial charge in [-0.2, -0.15) is 11.8 Å². The molecule has 10 nitrogen and oxygen atoms in total. The lowest BCUT2D eigenvalue weighted by molar-refractivity contribution is -0.199. The molecule has 2 saturated heterocycles. The van der Waals surface area contributed by atoms with Crippen molar-refractivity contribution in [3.63, 3.8) is 0 Å². The van der Waals surface area contributed by atoms with Crippen LogP contribution in [0.4, 0.5) is 4.79 Å². The Bertz CT molecular complexity index is 879. The van der Waals surface area contributed by atoms with Crippen LogP contribution in [-0.2, 0) is 35.4 Å². The van der Waals surface area contributed by atoms with E-state index in [-0.39, 0.29) is 25.9 Å². The summed E-state index contributed by atoms with van der Waals surface area (Å²) in [5.41, 5.74) is 0.830. The highest BCUT2D eigenvalue weighted by molar-refractivity contribution is 7.98. The fraction of sp³-hybridized carbons (Fsp3) is 0.500. The van der Waals surface area contributed by atoms with Gasteiger partial charge in [-0.3, -0.25) is 19.3 Å². The number of hydrogen-bond donors (Lipinski definition) is 1. The van der Waals surface area contributed by atoms with Gasteiger partial charge >= 0.3 is 12.1 Å². The predicted octanol–water partition coefficient (Wildman–Crippen LogP) is 1.63. The van der Waals surface area contributed by atoms with Crippen LogP contribution in [0, 0.1) is 0 Å². The molecule has 0 spiro atoms. The number of ether oxygens (including phenoxy) is 1. The largest absolute Gasteiger partial charge is 0.445 e. The van der Waals surface area contributed by atoms with E-state index in [0.29, 0.717) is 30.2 Å². The fourth-order valence-electron chi connectivity index (χ4n) is 3.62. The van der Waals surface area contributed by atoms with E-state index >= 15 is 0 Å². The van der Waals surface area contributed by atoms with Crippen LogP contribution in [0.5, 0.6) is 0 Å². The Morgan fingerprint density at radius 3 is 2.52 bits per heavy atom. The molecule has 3 rings (SSSR count). The van der Waals surface area contributed by atoms with Gasteiger partial charge in [-0.1, -0.05) is 30.3 Å². The van der Waals surface area contributed by atoms with Crippen molar-refractivity contribution < 1.29 is 33.5 Å². The third-order valence-corrected chi connectivity index (χ3v) is 6.04. The van der Waals surface area contributed by atoms with E-state index in [1.54, 1.807) is 0 Å². The zero-order valence-corrected chi connectivity index (χ0v) is 19.2. The third-order valence-electron chi connectivity index (χ3n) is 5.39. The second-order valence-electron chi connectivity index (χ2n) is 7.73. The van der Waals surface area contributed by atoms with Crippen LogP contribution in [0.3, 0.4) is 0 Å². The van der Waals surface area contributed by atoms with Gasteiger partial charge in [-0.05, 0) is 36.8 Å². The number of carbonyl (C=O) groups is 5. The first-order chi connectivity index (χ1) is 15.9. The minimum absolute atomic E-state index is 0.0178. The monoisotopic (exact) mass is 477 g/mol. The molecule has 11 heteroatoms. The van der Waals surface area contributed by atoms with Gasteiger partial charge in [-0.15, -0.1) is 5.06 Å². The lowest BCUT2D eigenvalue weighted by Crippen LogP contribution is -2.52. The normalized spacial score (nSPS) is 18.9. The lowest BCUT2D eigenvalue weighted by atomic mass is 10.1. The van der Waals surface area contributed by atoms with Gasteiger partial charge in [0.05, 0.1) is 0 Å². The first-order valence-corrected chi connectivity index (χ1v) is 12.1. The van der Waals surface area contributed by atoms with Crippen LogP contribution in [0.2, 0.25) is 0 Å². The number of benzene rings is 1. The molecule has 2 aliphatic rings. The molecule has 33 heavy (non-hydrogen) atoms. The number of thioether (sulfide) groups is 1. The first kappa shape index (κ1) is 24.6. The zero-order valence-electron chi connectivity index (χ0n) is 18.4. The van der Waals surface area contributed by atoms with Crippen molar-refractivity contribution in [2.45, 2.75) is 50.8 Å². The Hall–Kier alpha value is -3.08. The summed E-state index contributed by atoms with van der Waals surface area (Å²) in [5, 5.41) is 3.09. The summed E-state index contributed by atoms with van der Waals surface area (Å²) < 4.78 is 5.35. The highest BCUT2D eigenvalue weighted by Crippen LogP contribution is 2.20. The van der Waals surface area contributed by atoms with Gasteiger partial charge in [0.2, 0.25) is 5.91 Å². The third kappa shape index (κ3) is 6.47. The van der Waals surface area contributed by atoms with Crippen molar-refractivity contribution in [2.75, 3.05) is 18.6 Å². The van der Waals surface area contributed by atoms with Gasteiger partial charge in [-0.25, -0.2) is 9.59 Å². The first-order valence-electron chi connectivity index (χ1n) is 10.7. The summed E-state index contributed by atoms with van der Waals surface area (Å²) >= 11 is 1.47. The van der Waals surface area contributed by atoms with Gasteiger partial charge < -0.3 is 14.9 Å². The van der Waals surface area contributed by atoms with Gasteiger partial charge in [0.25, 0.3) is 11.8 Å². The SMILES string of the molecule is CSCC[C@H](NC(=O)[C@@H]1CCCN1C(=O)OCc1ccccc1)C(=O)ON1C(=O)CCC1=O. The summed E-state index contributed by atoms with van der Waals surface area (Å²) in [6, 6.07) is 7.36. The number of rotatable bonds is 9. The molecule has 178 valence electrons. The van der Waals surface area contributed by atoms with Crippen molar-refractivity contribution in [3.05, 3.63) is 35.9 Å². The van der Waals surface area contributed by atoms with E-state index < -0.39 is 41.9 Å². The lowest BCUT2D eigenvalue weighted by Gasteiger charge is -2.26. The average molecular weight is 478 g/mol. The van der Waals surface area contributed by atoms with Crippen molar-refractivity contribution >= 4 is 41.5 Å². The maximum atomic E-state index is 13.0. The number of likely N-dealkylation sites (tertiary alicyclic amines) is 1. The fourth-order valence-corrected chi connectivity index (χ4v) is 4.10. The molecule has 2 fully saturated rings. The Balaban J connectivity index is 1.60. The predicted molar refractivity (Wildman–Crippen MR) is 118 cm³/mol. The van der Waals surface area contributed by atoms with Crippen LogP contribution in [-0.4, -0.2) is 70.4 Å². The molecule has 1 aromatic carbocycles. The van der Waals surface area contributed by atoms with Crippen LogP contribution < -0.4 is 5.32 Å². The number of amides is 4. The van der Waals surface area contributed by atoms with Crippen molar-refractivity contribution in [1.29, 1.82) is 0 Å². The highest BCUT2D eigenvalue weighted by atomic mass is 32.2. The standard InChI is InChI=1S/C22H27N3O7S/c1-33-13-11-16(21(29)32-25-18(26)9-10-19(25)27)23-20(28)17-8-5-12-24(17)22(30)31-14-15-6-3-2-4-7-15/h2-4,6-7,16-17H,5,8-14H2,1H3,(H,23,28)/t16-,17-/m0/s1. The minimum atomic E-state index is -1.06. The molecule has 2 atom stereocenters. The number of hydroxylamine groups is 2. The topological polar surface area (TPSA) is 122 Å². The summed E-state index contributed by atoms with van der Waals surface area (Å²) in [4.78, 5) is 68.0. The Kier molecular flexibility index (Phi) is 8.70. The molecule has 2 heterocycles. The second kappa shape index (κ2) is 11.7. The van der Waals surface area contributed by atoms with Crippen molar-refractivity contribution in [2.24, 2.45) is 0 Å². The summed E-state index contributed by atoms with van der Waals surface area (Å²) in [6.45, 7) is 0.452. The molecule has 0 aromatic heterocycles. The highest BCUT2D eigenvalue weighted by Gasteiger charge is 2.39. The smallest absolute Gasteiger partial charge is 0.410 e. The van der Waals surface area contributed by atoms with E-state index in [2.05, 4.69) is 5.32 Å². The molecule has 1 aromatic rings. The van der Waals surface area contributed by atoms with Crippen LogP contribution >= 0.6 is 11.8 Å². The quantitative estimate of drug-likeness (QED) is 0.533. The molecule has 0 bridgehead atoms. The van der Waals surface area contributed by atoms with E-state index in [1.165, 1.54) is 16.7 Å². The number of nitrogens with zero attached hydrogens (tertiary/aromatic N) is 2. The molecule has 1 N–H and O–H groups in total. The zero-order chi connectivity index (χ0) is 23.8. The van der Waals surface area contributed by atoms with E-state index in [4.69, 9.17) is 9.57 Å². The molecule has 2 aliphatic heterocycles. The molecule has 0 aliphatic carbocycles. The molecular formula is C22H27N3O7S. The van der Waals surface area contributed by atoms with Gasteiger partial charge in [0.1, 0.15) is 18.7 Å². The van der Waals surface area contributed by atoms with E-state index in [9.17, 15) is 24.0 Å². The maximum Gasteiger partial charge on any atom is 0.410 e. The Morgan fingerprint density at radius 1 is 1.15 bits per heavy atom. The molecular weight excluding hydrogens is 450 g/mol. The molecule has 4 amide bonds. The van der Waals surface area contributed by atoms with Crippen LogP contribution in [0.25, 0.3) is 0 Å². The molecule has 0 radical (unpaired) electrons. The summed E-state index contributed by atoms with van der Waals surface area (Å²) in [6.07, 6.45) is 2.50. The Labute approximate surface area is 195 Å². The van der Waals surface area contributed by atoms with Crippen LogP contribution in [0.1, 0.15) is 37.7 Å². The number of carbonyl (C=O) groups excluding carboxylic acids is 5. The molecule has 0 saturated carbocycles.